The van der Waals surface area contributed by atoms with Crippen molar-refractivity contribution in [2.45, 2.75) is 31.7 Å². The molecule has 2 aliphatic rings. The number of hydrogen-bond donors (Lipinski definition) is 0. The molecule has 1 aromatic carbocycles. The molecule has 25 heavy (non-hydrogen) atoms. The summed E-state index contributed by atoms with van der Waals surface area (Å²) in [6, 6.07) is 6.05. The highest BCUT2D eigenvalue weighted by Gasteiger charge is 2.30. The fraction of sp³-hybridized carbons (Fsp3) is 0.500. The molecule has 0 bridgehead atoms. The molecule has 0 spiro atoms. The highest BCUT2D eigenvalue weighted by atomic mass is 16.2. The third-order valence-electron chi connectivity index (χ3n) is 5.10. The van der Waals surface area contributed by atoms with E-state index in [1.165, 1.54) is 6.08 Å². The van der Waals surface area contributed by atoms with Gasteiger partial charge in [0.2, 0.25) is 5.91 Å². The minimum Gasteiger partial charge on any atom is -0.334 e. The lowest BCUT2D eigenvalue weighted by Gasteiger charge is -2.30. The van der Waals surface area contributed by atoms with Gasteiger partial charge in [0.1, 0.15) is 0 Å². The largest absolute Gasteiger partial charge is 0.334 e. The van der Waals surface area contributed by atoms with Gasteiger partial charge in [-0.15, -0.1) is 0 Å². The maximum atomic E-state index is 13.0. The van der Waals surface area contributed by atoms with E-state index in [-0.39, 0.29) is 17.9 Å². The normalized spacial score (nSPS) is 19.9. The minimum atomic E-state index is -0.0781. The van der Waals surface area contributed by atoms with Gasteiger partial charge >= 0.3 is 0 Å². The summed E-state index contributed by atoms with van der Waals surface area (Å²) in [6.45, 7) is 6.02. The van der Waals surface area contributed by atoms with Gasteiger partial charge in [0.15, 0.2) is 0 Å². The summed E-state index contributed by atoms with van der Waals surface area (Å²) in [5.41, 5.74) is 2.73. The molecule has 1 fully saturated rings. The number of aryl methyl sites for hydroxylation is 1. The summed E-state index contributed by atoms with van der Waals surface area (Å²) in [7, 11) is 4.09. The Morgan fingerprint density at radius 1 is 1.28 bits per heavy atom. The van der Waals surface area contributed by atoms with E-state index in [2.05, 4.69) is 11.5 Å². The number of rotatable bonds is 4. The lowest BCUT2D eigenvalue weighted by Crippen LogP contribution is -2.41. The van der Waals surface area contributed by atoms with Crippen molar-refractivity contribution in [2.24, 2.45) is 0 Å². The van der Waals surface area contributed by atoms with Gasteiger partial charge < -0.3 is 14.7 Å². The van der Waals surface area contributed by atoms with Crippen LogP contribution in [0.2, 0.25) is 0 Å². The van der Waals surface area contributed by atoms with E-state index in [4.69, 9.17) is 0 Å². The van der Waals surface area contributed by atoms with Crippen LogP contribution in [0.5, 0.6) is 0 Å². The molecule has 0 saturated carbocycles. The maximum Gasteiger partial charge on any atom is 0.254 e. The predicted octanol–water partition coefficient (Wildman–Crippen LogP) is 2.32. The van der Waals surface area contributed by atoms with Crippen molar-refractivity contribution >= 4 is 17.5 Å². The van der Waals surface area contributed by atoms with Gasteiger partial charge in [-0.25, -0.2) is 0 Å². The van der Waals surface area contributed by atoms with Crippen LogP contribution in [0.25, 0.3) is 0 Å². The van der Waals surface area contributed by atoms with Crippen molar-refractivity contribution < 1.29 is 9.59 Å². The summed E-state index contributed by atoms with van der Waals surface area (Å²) in [5, 5.41) is 0. The van der Waals surface area contributed by atoms with Crippen LogP contribution in [0.15, 0.2) is 30.9 Å². The molecule has 1 aromatic rings. The molecule has 0 aromatic heterocycles. The molecule has 5 heteroatoms. The summed E-state index contributed by atoms with van der Waals surface area (Å²) in [6.07, 6.45) is 5.30. The highest BCUT2D eigenvalue weighted by molar-refractivity contribution is 6.02. The summed E-state index contributed by atoms with van der Waals surface area (Å²) in [5.74, 6) is 0.0323. The van der Waals surface area contributed by atoms with Crippen LogP contribution in [0.4, 0.5) is 5.69 Å². The second kappa shape index (κ2) is 7.40. The monoisotopic (exact) mass is 341 g/mol. The first-order valence-corrected chi connectivity index (χ1v) is 9.04. The molecule has 0 N–H and O–H groups in total. The van der Waals surface area contributed by atoms with Gasteiger partial charge in [-0.3, -0.25) is 9.59 Å². The minimum absolute atomic E-state index is 0.0781. The van der Waals surface area contributed by atoms with Crippen LogP contribution in [-0.2, 0) is 11.2 Å². The van der Waals surface area contributed by atoms with E-state index >= 15 is 0 Å². The van der Waals surface area contributed by atoms with Crippen LogP contribution < -0.4 is 4.90 Å². The molecule has 5 nitrogen and oxygen atoms in total. The molecule has 134 valence electrons. The number of likely N-dealkylation sites (tertiary alicyclic amines) is 1. The van der Waals surface area contributed by atoms with E-state index in [1.807, 2.05) is 37.2 Å². The summed E-state index contributed by atoms with van der Waals surface area (Å²) < 4.78 is 0. The van der Waals surface area contributed by atoms with Crippen LogP contribution >= 0.6 is 0 Å². The molecule has 2 aliphatic heterocycles. The number of anilines is 1. The number of likely N-dealkylation sites (N-methyl/N-ethyl adjacent to an activating group) is 1. The van der Waals surface area contributed by atoms with Gasteiger partial charge in [0, 0.05) is 36.9 Å². The smallest absolute Gasteiger partial charge is 0.254 e. The second-order valence-electron chi connectivity index (χ2n) is 7.20. The van der Waals surface area contributed by atoms with E-state index < -0.39 is 0 Å². The zero-order valence-corrected chi connectivity index (χ0v) is 15.2. The number of hydrogen-bond acceptors (Lipinski definition) is 3. The SMILES string of the molecule is C=CC(=O)N1CCCc2cc(C(=O)N3CCC[C@H]3CN(C)C)ccc21. The van der Waals surface area contributed by atoms with Crippen molar-refractivity contribution in [2.75, 3.05) is 38.6 Å². The van der Waals surface area contributed by atoms with Gasteiger partial charge in [-0.2, -0.15) is 0 Å². The van der Waals surface area contributed by atoms with Crippen molar-refractivity contribution in [3.8, 4) is 0 Å². The fourth-order valence-electron chi connectivity index (χ4n) is 3.95. The zero-order valence-electron chi connectivity index (χ0n) is 15.2. The maximum absolute atomic E-state index is 13.0. The number of amides is 2. The average molecular weight is 341 g/mol. The Morgan fingerprint density at radius 3 is 2.80 bits per heavy atom. The first-order chi connectivity index (χ1) is 12.0. The van der Waals surface area contributed by atoms with Crippen molar-refractivity contribution in [1.29, 1.82) is 0 Å². The van der Waals surface area contributed by atoms with Crippen LogP contribution in [0.1, 0.15) is 35.2 Å². The molecule has 2 heterocycles. The fourth-order valence-corrected chi connectivity index (χ4v) is 3.95. The topological polar surface area (TPSA) is 43.9 Å². The Kier molecular flexibility index (Phi) is 5.23. The molecule has 0 radical (unpaired) electrons. The number of nitrogens with zero attached hydrogens (tertiary/aromatic N) is 3. The molecule has 0 aliphatic carbocycles. The second-order valence-corrected chi connectivity index (χ2v) is 7.20. The van der Waals surface area contributed by atoms with Crippen molar-refractivity contribution in [3.63, 3.8) is 0 Å². The lowest BCUT2D eigenvalue weighted by molar-refractivity contribution is -0.114. The number of carbonyl (C=O) groups excluding carboxylic acids is 2. The standard InChI is InChI=1S/C20H27N3O2/c1-4-19(24)23-12-5-7-15-13-16(9-10-18(15)23)20(25)22-11-6-8-17(22)14-21(2)3/h4,9-10,13,17H,1,5-8,11-12,14H2,2-3H3/t17-/m0/s1. The van der Waals surface area contributed by atoms with E-state index in [0.717, 1.165) is 55.6 Å². The van der Waals surface area contributed by atoms with Gasteiger partial charge in [0.05, 0.1) is 0 Å². The van der Waals surface area contributed by atoms with Crippen LogP contribution in [0, 0.1) is 0 Å². The quantitative estimate of drug-likeness (QED) is 0.790. The highest BCUT2D eigenvalue weighted by Crippen LogP contribution is 2.29. The van der Waals surface area contributed by atoms with Crippen LogP contribution in [-0.4, -0.2) is 61.4 Å². The first-order valence-electron chi connectivity index (χ1n) is 9.04. The third-order valence-corrected chi connectivity index (χ3v) is 5.10. The summed E-state index contributed by atoms with van der Waals surface area (Å²) in [4.78, 5) is 30.9. The van der Waals surface area contributed by atoms with E-state index in [0.29, 0.717) is 6.54 Å². The zero-order chi connectivity index (χ0) is 18.0. The number of benzene rings is 1. The molecule has 2 amide bonds. The lowest BCUT2D eigenvalue weighted by atomic mass is 9.98. The first kappa shape index (κ1) is 17.7. The van der Waals surface area contributed by atoms with Gasteiger partial charge in [-0.1, -0.05) is 6.58 Å². The van der Waals surface area contributed by atoms with Crippen LogP contribution in [0.3, 0.4) is 0 Å². The Labute approximate surface area is 149 Å². The Balaban J connectivity index is 1.83. The van der Waals surface area contributed by atoms with Gasteiger partial charge in [0.25, 0.3) is 5.91 Å². The number of fused-ring (bicyclic) bond motifs is 1. The Bertz CT molecular complexity index is 684. The molecular formula is C20H27N3O2. The molecular weight excluding hydrogens is 314 g/mol. The molecule has 3 rings (SSSR count). The number of carbonyl (C=O) groups is 2. The molecule has 1 saturated heterocycles. The van der Waals surface area contributed by atoms with Crippen molar-refractivity contribution in [1.82, 2.24) is 9.80 Å². The molecule has 0 unspecified atom stereocenters. The third kappa shape index (κ3) is 3.61. The average Bonchev–Trinajstić information content (AvgIpc) is 3.06. The van der Waals surface area contributed by atoms with E-state index in [1.54, 1.807) is 4.90 Å². The molecule has 1 atom stereocenters. The van der Waals surface area contributed by atoms with E-state index in [9.17, 15) is 9.59 Å². The summed E-state index contributed by atoms with van der Waals surface area (Å²) >= 11 is 0. The van der Waals surface area contributed by atoms with Crippen molar-refractivity contribution in [3.05, 3.63) is 42.0 Å². The Hall–Kier alpha value is -2.14. The Morgan fingerprint density at radius 2 is 2.08 bits per heavy atom. The predicted molar refractivity (Wildman–Crippen MR) is 99.9 cm³/mol. The van der Waals surface area contributed by atoms with Gasteiger partial charge in [-0.05, 0) is 69.6 Å².